The fourth-order valence-corrected chi connectivity index (χ4v) is 5.51. The third-order valence-corrected chi connectivity index (χ3v) is 7.28. The van der Waals surface area contributed by atoms with Gasteiger partial charge in [0.25, 0.3) is 10.0 Å². The van der Waals surface area contributed by atoms with E-state index in [0.717, 1.165) is 25.7 Å². The summed E-state index contributed by atoms with van der Waals surface area (Å²) in [6.45, 7) is 1.83. The zero-order valence-corrected chi connectivity index (χ0v) is 18.2. The molecule has 0 saturated heterocycles. The maximum absolute atomic E-state index is 13.6. The van der Waals surface area contributed by atoms with Crippen molar-refractivity contribution in [3.05, 3.63) is 42.5 Å². The molecule has 7 nitrogen and oxygen atoms in total. The van der Waals surface area contributed by atoms with Crippen LogP contribution in [0.3, 0.4) is 0 Å². The summed E-state index contributed by atoms with van der Waals surface area (Å²) < 4.78 is 33.8. The molecule has 1 aliphatic carbocycles. The molecule has 0 unspecified atom stereocenters. The quantitative estimate of drug-likeness (QED) is 0.645. The van der Waals surface area contributed by atoms with Crippen LogP contribution in [0.2, 0.25) is 0 Å². The lowest BCUT2D eigenvalue weighted by molar-refractivity contribution is -0.114. The van der Waals surface area contributed by atoms with Crippen LogP contribution in [-0.2, 0) is 14.8 Å². The maximum Gasteiger partial charge on any atom is 0.266 e. The molecular formula is C22H29N3O4S. The Hall–Kier alpha value is -2.74. The molecule has 2 aromatic carbocycles. The number of hydrogen-bond acceptors (Lipinski definition) is 5. The van der Waals surface area contributed by atoms with E-state index < -0.39 is 10.0 Å². The Morgan fingerprint density at radius 3 is 2.37 bits per heavy atom. The molecule has 0 heterocycles. The van der Waals surface area contributed by atoms with Crippen LogP contribution in [0.25, 0.3) is 0 Å². The number of nitrogens with two attached hydrogens (primary N) is 1. The largest absolute Gasteiger partial charge is 0.497 e. The summed E-state index contributed by atoms with van der Waals surface area (Å²) in [4.78, 5) is 11.3. The van der Waals surface area contributed by atoms with Crippen molar-refractivity contribution in [1.29, 1.82) is 0 Å². The lowest BCUT2D eigenvalue weighted by Crippen LogP contribution is -2.36. The molecule has 2 aromatic rings. The number of ether oxygens (including phenoxy) is 1. The zero-order valence-electron chi connectivity index (χ0n) is 17.4. The van der Waals surface area contributed by atoms with E-state index in [1.165, 1.54) is 36.9 Å². The van der Waals surface area contributed by atoms with Gasteiger partial charge in [0.05, 0.1) is 18.5 Å². The molecule has 1 amide bonds. The fourth-order valence-electron chi connectivity index (χ4n) is 3.87. The minimum absolute atomic E-state index is 0.0602. The summed E-state index contributed by atoms with van der Waals surface area (Å²) in [7, 11) is -2.37. The molecule has 3 N–H and O–H groups in total. The van der Waals surface area contributed by atoms with Gasteiger partial charge in [-0.2, -0.15) is 0 Å². The first kappa shape index (κ1) is 22.0. The van der Waals surface area contributed by atoms with E-state index in [1.807, 2.05) is 0 Å². The number of sulfonamides is 1. The molecule has 0 bridgehead atoms. The predicted molar refractivity (Wildman–Crippen MR) is 119 cm³/mol. The Balaban J connectivity index is 1.98. The molecule has 1 fully saturated rings. The monoisotopic (exact) mass is 431 g/mol. The first-order valence-electron chi connectivity index (χ1n) is 10.1. The van der Waals surface area contributed by atoms with Crippen LogP contribution in [-0.4, -0.2) is 28.0 Å². The molecule has 162 valence electrons. The van der Waals surface area contributed by atoms with Gasteiger partial charge in [-0.1, -0.05) is 19.3 Å². The van der Waals surface area contributed by atoms with Crippen molar-refractivity contribution in [3.8, 4) is 5.75 Å². The van der Waals surface area contributed by atoms with Gasteiger partial charge >= 0.3 is 0 Å². The number of methoxy groups -OCH3 is 1. The summed E-state index contributed by atoms with van der Waals surface area (Å²) in [5.41, 5.74) is 7.39. The SMILES string of the molecule is COc1ccc(S(=O)(=O)N(CC2CCCCC2)c2ccc(NC(C)=O)cc2)c(N)c1. The number of anilines is 3. The highest BCUT2D eigenvalue weighted by Gasteiger charge is 2.30. The highest BCUT2D eigenvalue weighted by atomic mass is 32.2. The van der Waals surface area contributed by atoms with Gasteiger partial charge in [0.15, 0.2) is 0 Å². The topological polar surface area (TPSA) is 102 Å². The summed E-state index contributed by atoms with van der Waals surface area (Å²) >= 11 is 0. The number of nitrogens with zero attached hydrogens (tertiary/aromatic N) is 1. The van der Waals surface area contributed by atoms with Crippen LogP contribution in [0.4, 0.5) is 17.1 Å². The average molecular weight is 432 g/mol. The molecule has 0 aliphatic heterocycles. The van der Waals surface area contributed by atoms with Crippen LogP contribution in [0.1, 0.15) is 39.0 Å². The van der Waals surface area contributed by atoms with Crippen molar-refractivity contribution in [1.82, 2.24) is 0 Å². The molecule has 8 heteroatoms. The number of nitrogen functional groups attached to an aromatic ring is 1. The molecular weight excluding hydrogens is 402 g/mol. The van der Waals surface area contributed by atoms with Gasteiger partial charge in [-0.25, -0.2) is 8.42 Å². The summed E-state index contributed by atoms with van der Waals surface area (Å²) in [5.74, 6) is 0.619. The standard InChI is InChI=1S/C22H29N3O4S/c1-16(26)24-18-8-10-19(11-9-18)25(15-17-6-4-3-5-7-17)30(27,28)22-13-12-20(29-2)14-21(22)23/h8-14,17H,3-7,15,23H2,1-2H3,(H,24,26). The first-order chi connectivity index (χ1) is 14.3. The van der Waals surface area contributed by atoms with Crippen LogP contribution in [0.15, 0.2) is 47.4 Å². The molecule has 1 aliphatic rings. The fraction of sp³-hybridized carbons (Fsp3) is 0.409. The summed E-state index contributed by atoms with van der Waals surface area (Å²) in [6, 6.07) is 11.4. The second kappa shape index (κ2) is 9.38. The van der Waals surface area contributed by atoms with Gasteiger partial charge in [0, 0.05) is 25.2 Å². The Labute approximate surface area is 178 Å². The number of carbonyl (C=O) groups is 1. The van der Waals surface area contributed by atoms with Crippen LogP contribution < -0.4 is 20.1 Å². The number of hydrogen-bond donors (Lipinski definition) is 2. The van der Waals surface area contributed by atoms with Gasteiger partial charge in [-0.3, -0.25) is 9.10 Å². The van der Waals surface area contributed by atoms with Gasteiger partial charge in [0.1, 0.15) is 10.6 Å². The van der Waals surface area contributed by atoms with Crippen LogP contribution in [0.5, 0.6) is 5.75 Å². The molecule has 1 saturated carbocycles. The van der Waals surface area contributed by atoms with E-state index in [9.17, 15) is 13.2 Å². The Bertz CT molecular complexity index is 984. The summed E-state index contributed by atoms with van der Waals surface area (Å²) in [5, 5.41) is 2.70. The molecule has 0 spiro atoms. The lowest BCUT2D eigenvalue weighted by atomic mass is 9.89. The Morgan fingerprint density at radius 1 is 1.13 bits per heavy atom. The molecule has 0 aromatic heterocycles. The number of amides is 1. The molecule has 3 rings (SSSR count). The van der Waals surface area contributed by atoms with E-state index in [2.05, 4.69) is 5.32 Å². The first-order valence-corrected chi connectivity index (χ1v) is 11.6. The van der Waals surface area contributed by atoms with Crippen molar-refractivity contribution in [2.75, 3.05) is 29.0 Å². The predicted octanol–water partition coefficient (Wildman–Crippen LogP) is 4.01. The Morgan fingerprint density at radius 2 is 1.80 bits per heavy atom. The van der Waals surface area contributed by atoms with Crippen LogP contribution in [0, 0.1) is 5.92 Å². The smallest absolute Gasteiger partial charge is 0.266 e. The molecule has 0 radical (unpaired) electrons. The maximum atomic E-state index is 13.6. The van der Waals surface area contributed by atoms with E-state index in [-0.39, 0.29) is 16.5 Å². The third kappa shape index (κ3) is 5.05. The Kier molecular flexibility index (Phi) is 6.87. The minimum atomic E-state index is -3.88. The zero-order chi connectivity index (χ0) is 21.7. The van der Waals surface area contributed by atoms with Crippen molar-refractivity contribution in [3.63, 3.8) is 0 Å². The van der Waals surface area contributed by atoms with E-state index in [0.29, 0.717) is 29.6 Å². The minimum Gasteiger partial charge on any atom is -0.497 e. The highest BCUT2D eigenvalue weighted by molar-refractivity contribution is 7.93. The van der Waals surface area contributed by atoms with Gasteiger partial charge < -0.3 is 15.8 Å². The van der Waals surface area contributed by atoms with Crippen molar-refractivity contribution in [2.45, 2.75) is 43.9 Å². The average Bonchev–Trinajstić information content (AvgIpc) is 2.72. The van der Waals surface area contributed by atoms with Crippen molar-refractivity contribution >= 4 is 33.0 Å². The van der Waals surface area contributed by atoms with Gasteiger partial charge in [-0.15, -0.1) is 0 Å². The van der Waals surface area contributed by atoms with Crippen molar-refractivity contribution < 1.29 is 17.9 Å². The van der Waals surface area contributed by atoms with E-state index in [1.54, 1.807) is 30.3 Å². The third-order valence-electron chi connectivity index (χ3n) is 5.41. The van der Waals surface area contributed by atoms with Gasteiger partial charge in [0.2, 0.25) is 5.91 Å². The number of carbonyl (C=O) groups excluding carboxylic acids is 1. The molecule has 30 heavy (non-hydrogen) atoms. The van der Waals surface area contributed by atoms with E-state index in [4.69, 9.17) is 10.5 Å². The second-order valence-corrected chi connectivity index (χ2v) is 9.50. The van der Waals surface area contributed by atoms with E-state index >= 15 is 0 Å². The number of benzene rings is 2. The van der Waals surface area contributed by atoms with Gasteiger partial charge in [-0.05, 0) is 55.2 Å². The van der Waals surface area contributed by atoms with Crippen LogP contribution >= 0.6 is 0 Å². The number of nitrogens with one attached hydrogen (secondary N) is 1. The molecule has 0 atom stereocenters. The highest BCUT2D eigenvalue weighted by Crippen LogP contribution is 2.33. The lowest BCUT2D eigenvalue weighted by Gasteiger charge is -2.31. The second-order valence-electron chi connectivity index (χ2n) is 7.67. The summed E-state index contributed by atoms with van der Waals surface area (Å²) in [6.07, 6.45) is 5.44. The number of rotatable bonds is 7. The van der Waals surface area contributed by atoms with Crippen molar-refractivity contribution in [2.24, 2.45) is 5.92 Å². The normalized spacial score (nSPS) is 14.9.